The first-order chi connectivity index (χ1) is 9.08. The summed E-state index contributed by atoms with van der Waals surface area (Å²) in [5.74, 6) is 0.750. The van der Waals surface area contributed by atoms with Gasteiger partial charge in [0.1, 0.15) is 0 Å². The first-order valence-corrected chi connectivity index (χ1v) is 6.91. The van der Waals surface area contributed by atoms with Gasteiger partial charge in [-0.05, 0) is 17.0 Å². The van der Waals surface area contributed by atoms with Gasteiger partial charge in [0, 0.05) is 25.7 Å². The maximum atomic E-state index is 11.7. The van der Waals surface area contributed by atoms with Crippen molar-refractivity contribution in [3.63, 3.8) is 0 Å². The molecular weight excluding hydrogens is 309 g/mol. The van der Waals surface area contributed by atoms with E-state index in [-0.39, 0.29) is 42.7 Å². The Hall–Kier alpha value is -0.810. The number of hydrogen-bond donors (Lipinski definition) is 3. The third kappa shape index (κ3) is 5.47. The molecule has 1 atom stereocenters. The second-order valence-corrected chi connectivity index (χ2v) is 5.53. The molecule has 0 radical (unpaired) electrons. The molecule has 120 valence electrons. The van der Waals surface area contributed by atoms with E-state index in [9.17, 15) is 4.79 Å². The highest BCUT2D eigenvalue weighted by molar-refractivity contribution is 5.85. The van der Waals surface area contributed by atoms with Crippen LogP contribution in [0.3, 0.4) is 0 Å². The van der Waals surface area contributed by atoms with Crippen LogP contribution in [0.4, 0.5) is 0 Å². The predicted molar refractivity (Wildman–Crippen MR) is 91.3 cm³/mol. The van der Waals surface area contributed by atoms with Crippen LogP contribution in [0.2, 0.25) is 0 Å². The van der Waals surface area contributed by atoms with Crippen molar-refractivity contribution in [2.24, 2.45) is 11.7 Å². The van der Waals surface area contributed by atoms with Gasteiger partial charge in [-0.25, -0.2) is 0 Å². The third-order valence-electron chi connectivity index (χ3n) is 3.68. The summed E-state index contributed by atoms with van der Waals surface area (Å²) in [5, 5.41) is 6.00. The molecule has 0 bridgehead atoms. The van der Waals surface area contributed by atoms with Crippen molar-refractivity contribution in [1.82, 2.24) is 10.6 Å². The van der Waals surface area contributed by atoms with Crippen LogP contribution in [0.25, 0.3) is 0 Å². The van der Waals surface area contributed by atoms with E-state index in [4.69, 9.17) is 5.73 Å². The standard InChI is InChI=1S/C15H23N3O.2ClH/c1-10(2)11-3-5-12(6-4-11)14(16)9-18-15(19)13-7-17-8-13;;/h3-6,10,13-14,17H,7-9,16H2,1-2H3,(H,18,19);2*1H. The number of nitrogens with two attached hydrogens (primary N) is 1. The molecule has 0 aliphatic carbocycles. The third-order valence-corrected chi connectivity index (χ3v) is 3.68. The predicted octanol–water partition coefficient (Wildman–Crippen LogP) is 1.99. The molecule has 0 aromatic heterocycles. The Morgan fingerprint density at radius 2 is 1.76 bits per heavy atom. The van der Waals surface area contributed by atoms with Gasteiger partial charge in [-0.3, -0.25) is 4.79 Å². The van der Waals surface area contributed by atoms with Crippen molar-refractivity contribution in [2.45, 2.75) is 25.8 Å². The maximum absolute atomic E-state index is 11.7. The minimum atomic E-state index is -0.141. The second kappa shape index (κ2) is 9.26. The number of carbonyl (C=O) groups is 1. The Balaban J connectivity index is 0.00000200. The molecule has 21 heavy (non-hydrogen) atoms. The molecule has 4 N–H and O–H groups in total. The molecule has 4 nitrogen and oxygen atoms in total. The summed E-state index contributed by atoms with van der Waals surface area (Å²) < 4.78 is 0. The monoisotopic (exact) mass is 333 g/mol. The Labute approximate surface area is 139 Å². The molecular formula is C15H25Cl2N3O. The van der Waals surface area contributed by atoms with E-state index < -0.39 is 0 Å². The van der Waals surface area contributed by atoms with Crippen LogP contribution >= 0.6 is 24.8 Å². The smallest absolute Gasteiger partial charge is 0.225 e. The quantitative estimate of drug-likeness (QED) is 0.771. The van der Waals surface area contributed by atoms with Crippen LogP contribution in [0.1, 0.15) is 36.9 Å². The first kappa shape index (κ1) is 20.2. The van der Waals surface area contributed by atoms with Gasteiger partial charge < -0.3 is 16.4 Å². The van der Waals surface area contributed by atoms with Crippen LogP contribution < -0.4 is 16.4 Å². The van der Waals surface area contributed by atoms with E-state index in [1.807, 2.05) is 0 Å². The SMILES string of the molecule is CC(C)c1ccc(C(N)CNC(=O)C2CNC2)cc1.Cl.Cl. The number of amides is 1. The zero-order valence-corrected chi connectivity index (χ0v) is 14.1. The molecule has 1 aliphatic heterocycles. The lowest BCUT2D eigenvalue weighted by Gasteiger charge is -2.26. The van der Waals surface area contributed by atoms with E-state index >= 15 is 0 Å². The van der Waals surface area contributed by atoms with Crippen molar-refractivity contribution in [2.75, 3.05) is 19.6 Å². The first-order valence-electron chi connectivity index (χ1n) is 6.91. The fraction of sp³-hybridized carbons (Fsp3) is 0.533. The lowest BCUT2D eigenvalue weighted by molar-refractivity contribution is -0.126. The molecule has 1 heterocycles. The number of benzene rings is 1. The number of halogens is 2. The molecule has 0 saturated carbocycles. The highest BCUT2D eigenvalue weighted by atomic mass is 35.5. The van der Waals surface area contributed by atoms with Gasteiger partial charge in [-0.2, -0.15) is 0 Å². The van der Waals surface area contributed by atoms with E-state index in [1.165, 1.54) is 5.56 Å². The molecule has 1 aromatic rings. The minimum absolute atomic E-state index is 0. The summed E-state index contributed by atoms with van der Waals surface area (Å²) in [4.78, 5) is 11.7. The topological polar surface area (TPSA) is 67.1 Å². The van der Waals surface area contributed by atoms with E-state index in [0.29, 0.717) is 12.5 Å². The zero-order valence-electron chi connectivity index (χ0n) is 12.5. The largest absolute Gasteiger partial charge is 0.354 e. The van der Waals surface area contributed by atoms with Crippen molar-refractivity contribution in [3.8, 4) is 0 Å². The van der Waals surface area contributed by atoms with Gasteiger partial charge in [-0.1, -0.05) is 38.1 Å². The fourth-order valence-electron chi connectivity index (χ4n) is 2.07. The highest BCUT2D eigenvalue weighted by Gasteiger charge is 2.24. The highest BCUT2D eigenvalue weighted by Crippen LogP contribution is 2.17. The molecule has 1 amide bonds. The van der Waals surface area contributed by atoms with Gasteiger partial charge in [0.25, 0.3) is 0 Å². The summed E-state index contributed by atoms with van der Waals surface area (Å²) >= 11 is 0. The van der Waals surface area contributed by atoms with Gasteiger partial charge in [0.2, 0.25) is 5.91 Å². The lowest BCUT2D eigenvalue weighted by atomic mass is 9.99. The lowest BCUT2D eigenvalue weighted by Crippen LogP contribution is -2.51. The maximum Gasteiger partial charge on any atom is 0.225 e. The molecule has 1 aliphatic rings. The normalized spacial score (nSPS) is 15.4. The van der Waals surface area contributed by atoms with Crippen LogP contribution in [0.5, 0.6) is 0 Å². The molecule has 1 fully saturated rings. The fourth-order valence-corrected chi connectivity index (χ4v) is 2.07. The summed E-state index contributed by atoms with van der Waals surface area (Å²) in [6.07, 6.45) is 0. The molecule has 1 unspecified atom stereocenters. The van der Waals surface area contributed by atoms with Crippen LogP contribution in [-0.4, -0.2) is 25.5 Å². The van der Waals surface area contributed by atoms with Crippen molar-refractivity contribution in [1.29, 1.82) is 0 Å². The molecule has 1 saturated heterocycles. The van der Waals surface area contributed by atoms with Gasteiger partial charge >= 0.3 is 0 Å². The summed E-state index contributed by atoms with van der Waals surface area (Å²) in [7, 11) is 0. The van der Waals surface area contributed by atoms with Crippen molar-refractivity contribution in [3.05, 3.63) is 35.4 Å². The molecule has 0 spiro atoms. The minimum Gasteiger partial charge on any atom is -0.354 e. The van der Waals surface area contributed by atoms with E-state index in [0.717, 1.165) is 18.7 Å². The van der Waals surface area contributed by atoms with Gasteiger partial charge in [0.05, 0.1) is 5.92 Å². The number of carbonyl (C=O) groups excluding carboxylic acids is 1. The molecule has 2 rings (SSSR count). The summed E-state index contributed by atoms with van der Waals surface area (Å²) in [6, 6.07) is 8.18. The second-order valence-electron chi connectivity index (χ2n) is 5.53. The van der Waals surface area contributed by atoms with Gasteiger partial charge in [0.15, 0.2) is 0 Å². The average molecular weight is 334 g/mol. The van der Waals surface area contributed by atoms with E-state index in [2.05, 4.69) is 48.7 Å². The van der Waals surface area contributed by atoms with Crippen molar-refractivity contribution >= 4 is 30.7 Å². The average Bonchev–Trinajstić information content (AvgIpc) is 2.34. The van der Waals surface area contributed by atoms with Crippen LogP contribution in [-0.2, 0) is 4.79 Å². The van der Waals surface area contributed by atoms with Gasteiger partial charge in [-0.15, -0.1) is 24.8 Å². The Morgan fingerprint density at radius 1 is 1.24 bits per heavy atom. The van der Waals surface area contributed by atoms with Crippen molar-refractivity contribution < 1.29 is 4.79 Å². The Kier molecular flexibility index (Phi) is 8.90. The zero-order chi connectivity index (χ0) is 13.8. The summed E-state index contributed by atoms with van der Waals surface area (Å²) in [5.41, 5.74) is 8.47. The molecule has 1 aromatic carbocycles. The summed E-state index contributed by atoms with van der Waals surface area (Å²) in [6.45, 7) is 6.40. The number of hydrogen-bond acceptors (Lipinski definition) is 3. The van der Waals surface area contributed by atoms with Crippen LogP contribution in [0, 0.1) is 5.92 Å². The number of rotatable bonds is 5. The molecule has 6 heteroatoms. The van der Waals surface area contributed by atoms with Crippen LogP contribution in [0.15, 0.2) is 24.3 Å². The Morgan fingerprint density at radius 3 is 2.19 bits per heavy atom. The van der Waals surface area contributed by atoms with E-state index in [1.54, 1.807) is 0 Å². The Bertz CT molecular complexity index is 433. The number of nitrogens with one attached hydrogen (secondary N) is 2.